The minimum atomic E-state index is -0.403. The van der Waals surface area contributed by atoms with Crippen molar-refractivity contribution in [1.29, 1.82) is 0 Å². The van der Waals surface area contributed by atoms with Crippen LogP contribution >= 0.6 is 0 Å². The third-order valence-corrected chi connectivity index (χ3v) is 1.57. The second kappa shape index (κ2) is 5.22. The van der Waals surface area contributed by atoms with Crippen molar-refractivity contribution in [1.82, 2.24) is 0 Å². The van der Waals surface area contributed by atoms with Crippen LogP contribution < -0.4 is 0 Å². The van der Waals surface area contributed by atoms with Gasteiger partial charge in [0.1, 0.15) is 5.60 Å². The van der Waals surface area contributed by atoms with E-state index in [1.807, 2.05) is 27.7 Å². The van der Waals surface area contributed by atoms with E-state index in [9.17, 15) is 4.79 Å². The minimum absolute atomic E-state index is 0.128. The third-order valence-electron chi connectivity index (χ3n) is 1.57. The largest absolute Gasteiger partial charge is 0.460 e. The predicted octanol–water partition coefficient (Wildman–Crippen LogP) is 1.74. The Morgan fingerprint density at radius 3 is 2.38 bits per heavy atom. The van der Waals surface area contributed by atoms with Gasteiger partial charge in [0.25, 0.3) is 0 Å². The summed E-state index contributed by atoms with van der Waals surface area (Å²) in [6.45, 7) is 7.58. The van der Waals surface area contributed by atoms with E-state index in [4.69, 9.17) is 9.84 Å². The van der Waals surface area contributed by atoms with Crippen molar-refractivity contribution in [3.63, 3.8) is 0 Å². The highest BCUT2D eigenvalue weighted by Gasteiger charge is 2.16. The van der Waals surface area contributed by atoms with Crippen molar-refractivity contribution < 1.29 is 14.6 Å². The van der Waals surface area contributed by atoms with E-state index in [-0.39, 0.29) is 18.5 Å². The van der Waals surface area contributed by atoms with E-state index < -0.39 is 5.60 Å². The molecule has 0 fully saturated rings. The number of carbonyl (C=O) groups is 1. The van der Waals surface area contributed by atoms with Crippen LogP contribution in [0.1, 0.15) is 40.5 Å². The summed E-state index contributed by atoms with van der Waals surface area (Å²) in [6, 6.07) is 0. The zero-order valence-corrected chi connectivity index (χ0v) is 8.96. The highest BCUT2D eigenvalue weighted by atomic mass is 16.6. The van der Waals surface area contributed by atoms with Crippen LogP contribution in [-0.2, 0) is 9.53 Å². The molecule has 0 rings (SSSR count). The van der Waals surface area contributed by atoms with E-state index >= 15 is 0 Å². The summed E-state index contributed by atoms with van der Waals surface area (Å²) in [5.74, 6) is -0.0136. The number of hydrogen-bond acceptors (Lipinski definition) is 3. The quantitative estimate of drug-likeness (QED) is 0.683. The van der Waals surface area contributed by atoms with Crippen molar-refractivity contribution in [2.45, 2.75) is 46.1 Å². The molecule has 78 valence electrons. The van der Waals surface area contributed by atoms with Gasteiger partial charge in [0.2, 0.25) is 0 Å². The van der Waals surface area contributed by atoms with Gasteiger partial charge in [0, 0.05) is 13.0 Å². The van der Waals surface area contributed by atoms with Crippen LogP contribution in [0.25, 0.3) is 0 Å². The number of rotatable bonds is 4. The summed E-state index contributed by atoms with van der Waals surface area (Å²) < 4.78 is 5.11. The first-order valence-corrected chi connectivity index (χ1v) is 4.68. The molecule has 3 heteroatoms. The Hall–Kier alpha value is -0.570. The second-order valence-corrected chi connectivity index (χ2v) is 4.41. The lowest BCUT2D eigenvalue weighted by Crippen LogP contribution is -2.24. The molecule has 0 aromatic carbocycles. The molecule has 1 unspecified atom stereocenters. The van der Waals surface area contributed by atoms with Crippen LogP contribution in [0.3, 0.4) is 0 Å². The molecular weight excluding hydrogens is 168 g/mol. The molecule has 0 aliphatic heterocycles. The summed E-state index contributed by atoms with van der Waals surface area (Å²) in [4.78, 5) is 11.2. The molecule has 1 atom stereocenters. The predicted molar refractivity (Wildman–Crippen MR) is 51.3 cm³/mol. The van der Waals surface area contributed by atoms with Crippen LogP contribution in [0.2, 0.25) is 0 Å². The first-order chi connectivity index (χ1) is 5.85. The van der Waals surface area contributed by atoms with Crippen molar-refractivity contribution in [2.75, 3.05) is 6.61 Å². The van der Waals surface area contributed by atoms with E-state index in [1.54, 1.807) is 0 Å². The first kappa shape index (κ1) is 12.4. The van der Waals surface area contributed by atoms with Crippen molar-refractivity contribution in [2.24, 2.45) is 5.92 Å². The molecule has 0 saturated heterocycles. The fraction of sp³-hybridized carbons (Fsp3) is 0.900. The van der Waals surface area contributed by atoms with Gasteiger partial charge >= 0.3 is 5.97 Å². The van der Waals surface area contributed by atoms with Crippen LogP contribution in [0.4, 0.5) is 0 Å². The lowest BCUT2D eigenvalue weighted by atomic mass is 10.1. The molecule has 3 nitrogen and oxygen atoms in total. The summed E-state index contributed by atoms with van der Waals surface area (Å²) in [5, 5.41) is 8.73. The molecule has 0 aromatic heterocycles. The average Bonchev–Trinajstić information content (AvgIpc) is 1.97. The monoisotopic (exact) mass is 188 g/mol. The number of hydrogen-bond donors (Lipinski definition) is 1. The Bertz CT molecular complexity index is 158. The van der Waals surface area contributed by atoms with Gasteiger partial charge in [0.15, 0.2) is 0 Å². The molecule has 0 radical (unpaired) electrons. The molecule has 0 heterocycles. The Labute approximate surface area is 80.1 Å². The zero-order valence-electron chi connectivity index (χ0n) is 8.96. The van der Waals surface area contributed by atoms with Crippen LogP contribution in [-0.4, -0.2) is 23.3 Å². The lowest BCUT2D eigenvalue weighted by molar-refractivity contribution is -0.155. The van der Waals surface area contributed by atoms with Gasteiger partial charge in [-0.15, -0.1) is 0 Å². The summed E-state index contributed by atoms with van der Waals surface area (Å²) in [5.41, 5.74) is -0.403. The molecular formula is C10H20O3. The van der Waals surface area contributed by atoms with Crippen LogP contribution in [0, 0.1) is 5.92 Å². The van der Waals surface area contributed by atoms with Crippen molar-refractivity contribution >= 4 is 5.97 Å². The van der Waals surface area contributed by atoms with E-state index in [2.05, 4.69) is 0 Å². The first-order valence-electron chi connectivity index (χ1n) is 4.68. The van der Waals surface area contributed by atoms with Crippen molar-refractivity contribution in [3.05, 3.63) is 0 Å². The maximum absolute atomic E-state index is 11.2. The van der Waals surface area contributed by atoms with Gasteiger partial charge in [0.05, 0.1) is 0 Å². The summed E-state index contributed by atoms with van der Waals surface area (Å²) >= 11 is 0. The smallest absolute Gasteiger partial charge is 0.306 e. The third kappa shape index (κ3) is 7.78. The minimum Gasteiger partial charge on any atom is -0.460 e. The highest BCUT2D eigenvalue weighted by Crippen LogP contribution is 2.11. The van der Waals surface area contributed by atoms with Crippen LogP contribution in [0.5, 0.6) is 0 Å². The van der Waals surface area contributed by atoms with E-state index in [0.717, 1.165) is 0 Å². The van der Waals surface area contributed by atoms with Gasteiger partial charge in [-0.1, -0.05) is 6.92 Å². The Morgan fingerprint density at radius 1 is 1.46 bits per heavy atom. The molecule has 0 aliphatic rings. The van der Waals surface area contributed by atoms with Gasteiger partial charge < -0.3 is 9.84 Å². The van der Waals surface area contributed by atoms with Crippen molar-refractivity contribution in [3.8, 4) is 0 Å². The maximum atomic E-state index is 11.2. The number of esters is 1. The molecule has 0 bridgehead atoms. The Balaban J connectivity index is 3.64. The Kier molecular flexibility index (Phi) is 4.99. The average molecular weight is 188 g/mol. The fourth-order valence-electron chi connectivity index (χ4n) is 0.848. The fourth-order valence-corrected chi connectivity index (χ4v) is 0.848. The SMILES string of the molecule is CC(CO)CCC(=O)OC(C)(C)C. The van der Waals surface area contributed by atoms with Gasteiger partial charge in [-0.05, 0) is 33.1 Å². The van der Waals surface area contributed by atoms with Gasteiger partial charge in [-0.3, -0.25) is 4.79 Å². The van der Waals surface area contributed by atoms with Crippen LogP contribution in [0.15, 0.2) is 0 Å². The maximum Gasteiger partial charge on any atom is 0.306 e. The van der Waals surface area contributed by atoms with Gasteiger partial charge in [-0.25, -0.2) is 0 Å². The number of carbonyl (C=O) groups excluding carboxylic acids is 1. The lowest BCUT2D eigenvalue weighted by Gasteiger charge is -2.19. The van der Waals surface area contributed by atoms with E-state index in [1.165, 1.54) is 0 Å². The van der Waals surface area contributed by atoms with Gasteiger partial charge in [-0.2, -0.15) is 0 Å². The molecule has 0 saturated carbocycles. The van der Waals surface area contributed by atoms with E-state index in [0.29, 0.717) is 12.8 Å². The molecule has 0 amide bonds. The molecule has 0 aliphatic carbocycles. The number of aliphatic hydroxyl groups excluding tert-OH is 1. The highest BCUT2D eigenvalue weighted by molar-refractivity contribution is 5.69. The molecule has 1 N–H and O–H groups in total. The topological polar surface area (TPSA) is 46.5 Å². The summed E-state index contributed by atoms with van der Waals surface area (Å²) in [7, 11) is 0. The molecule has 0 spiro atoms. The zero-order chi connectivity index (χ0) is 10.5. The second-order valence-electron chi connectivity index (χ2n) is 4.41. The summed E-state index contributed by atoms with van der Waals surface area (Å²) in [6.07, 6.45) is 1.07. The molecule has 0 aromatic rings. The normalized spacial score (nSPS) is 13.9. The number of ether oxygens (including phenoxy) is 1. The standard InChI is InChI=1S/C10H20O3/c1-8(7-11)5-6-9(12)13-10(2,3)4/h8,11H,5-7H2,1-4H3. The molecule has 13 heavy (non-hydrogen) atoms. The number of aliphatic hydroxyl groups is 1. The Morgan fingerprint density at radius 2 is 2.00 bits per heavy atom.